The molecular formula is C23H21NO6. The van der Waals surface area contributed by atoms with Gasteiger partial charge in [0.25, 0.3) is 5.91 Å². The maximum absolute atomic E-state index is 12.3. The Morgan fingerprint density at radius 1 is 1.03 bits per heavy atom. The molecule has 0 radical (unpaired) electrons. The maximum atomic E-state index is 12.3. The first-order valence-electron chi connectivity index (χ1n) is 9.65. The van der Waals surface area contributed by atoms with Gasteiger partial charge in [-0.25, -0.2) is 4.79 Å². The minimum atomic E-state index is -0.440. The predicted molar refractivity (Wildman–Crippen MR) is 112 cm³/mol. The van der Waals surface area contributed by atoms with Gasteiger partial charge in [-0.15, -0.1) is 0 Å². The van der Waals surface area contributed by atoms with Gasteiger partial charge in [0, 0.05) is 22.9 Å². The van der Waals surface area contributed by atoms with E-state index in [0.717, 1.165) is 10.8 Å². The number of para-hydroxylation sites is 1. The van der Waals surface area contributed by atoms with Crippen LogP contribution in [-0.4, -0.2) is 19.1 Å². The summed E-state index contributed by atoms with van der Waals surface area (Å²) in [5, 5.41) is 4.54. The summed E-state index contributed by atoms with van der Waals surface area (Å²) in [6, 6.07) is 15.3. The molecule has 0 aliphatic rings. The molecule has 0 spiro atoms. The molecular weight excluding hydrogens is 386 g/mol. The molecule has 4 aromatic rings. The summed E-state index contributed by atoms with van der Waals surface area (Å²) in [4.78, 5) is 23.7. The van der Waals surface area contributed by atoms with E-state index in [9.17, 15) is 9.59 Å². The molecule has 7 nitrogen and oxygen atoms in total. The number of hydrogen-bond acceptors (Lipinski definition) is 6. The van der Waals surface area contributed by atoms with Crippen molar-refractivity contribution >= 4 is 27.8 Å². The summed E-state index contributed by atoms with van der Waals surface area (Å²) in [6.07, 6.45) is 0. The molecule has 0 aliphatic carbocycles. The highest BCUT2D eigenvalue weighted by Gasteiger charge is 2.16. The Hall–Kier alpha value is -3.74. The lowest BCUT2D eigenvalue weighted by molar-refractivity contribution is -0.123. The van der Waals surface area contributed by atoms with Crippen LogP contribution in [0.15, 0.2) is 68.2 Å². The van der Waals surface area contributed by atoms with E-state index in [1.54, 1.807) is 24.3 Å². The molecule has 1 N–H and O–H groups in total. The number of benzene rings is 2. The number of hydrogen-bond donors (Lipinski definition) is 1. The van der Waals surface area contributed by atoms with E-state index >= 15 is 0 Å². The Labute approximate surface area is 172 Å². The van der Waals surface area contributed by atoms with E-state index in [0.29, 0.717) is 35.0 Å². The number of amides is 1. The van der Waals surface area contributed by atoms with Gasteiger partial charge in [-0.05, 0) is 44.2 Å². The van der Waals surface area contributed by atoms with E-state index in [1.807, 2.05) is 38.1 Å². The Morgan fingerprint density at radius 2 is 1.87 bits per heavy atom. The molecule has 0 aliphatic heterocycles. The number of furan rings is 1. The fraction of sp³-hybridized carbons (Fsp3) is 0.217. The van der Waals surface area contributed by atoms with Crippen molar-refractivity contribution in [1.29, 1.82) is 0 Å². The molecule has 7 heteroatoms. The minimum absolute atomic E-state index is 0.183. The second-order valence-corrected chi connectivity index (χ2v) is 6.79. The molecule has 2 heterocycles. The molecule has 4 rings (SSSR count). The SMILES string of the molecule is CCOc1cccc2cc(C(C)NC(=O)COc3ccc4ccc(=O)oc4c3)oc12. The van der Waals surface area contributed by atoms with E-state index in [2.05, 4.69) is 5.32 Å². The van der Waals surface area contributed by atoms with Crippen LogP contribution >= 0.6 is 0 Å². The van der Waals surface area contributed by atoms with Crippen LogP contribution in [0.3, 0.4) is 0 Å². The average molecular weight is 407 g/mol. The zero-order valence-electron chi connectivity index (χ0n) is 16.6. The van der Waals surface area contributed by atoms with Gasteiger partial charge in [0.2, 0.25) is 0 Å². The molecule has 1 amide bonds. The first-order chi connectivity index (χ1) is 14.5. The second kappa shape index (κ2) is 8.32. The molecule has 0 bridgehead atoms. The van der Waals surface area contributed by atoms with Crippen molar-refractivity contribution in [2.75, 3.05) is 13.2 Å². The number of rotatable bonds is 7. The van der Waals surface area contributed by atoms with E-state index in [4.69, 9.17) is 18.3 Å². The van der Waals surface area contributed by atoms with Gasteiger partial charge in [-0.3, -0.25) is 4.79 Å². The summed E-state index contributed by atoms with van der Waals surface area (Å²) in [5.41, 5.74) is 0.620. The standard InChI is InChI=1S/C23H21NO6/c1-3-27-18-6-4-5-16-11-19(30-23(16)18)14(2)24-21(25)13-28-17-9-7-15-8-10-22(26)29-20(15)12-17/h4-12,14H,3,13H2,1-2H3,(H,24,25). The van der Waals surface area contributed by atoms with Crippen LogP contribution in [-0.2, 0) is 4.79 Å². The Morgan fingerprint density at radius 3 is 2.70 bits per heavy atom. The van der Waals surface area contributed by atoms with E-state index in [1.165, 1.54) is 6.07 Å². The summed E-state index contributed by atoms with van der Waals surface area (Å²) in [5.74, 6) is 1.43. The number of carbonyl (C=O) groups is 1. The Bertz CT molecular complexity index is 1260. The topological polar surface area (TPSA) is 90.9 Å². The quantitative estimate of drug-likeness (QED) is 0.462. The first kappa shape index (κ1) is 19.6. The van der Waals surface area contributed by atoms with Gasteiger partial charge in [0.15, 0.2) is 17.9 Å². The Balaban J connectivity index is 1.41. The highest BCUT2D eigenvalue weighted by atomic mass is 16.5. The van der Waals surface area contributed by atoms with Crippen LogP contribution in [0.1, 0.15) is 25.6 Å². The molecule has 0 saturated carbocycles. The van der Waals surface area contributed by atoms with Crippen molar-refractivity contribution in [1.82, 2.24) is 5.32 Å². The van der Waals surface area contributed by atoms with Gasteiger partial charge in [-0.1, -0.05) is 12.1 Å². The van der Waals surface area contributed by atoms with Gasteiger partial charge in [-0.2, -0.15) is 0 Å². The third-order valence-corrected chi connectivity index (χ3v) is 4.60. The van der Waals surface area contributed by atoms with Crippen molar-refractivity contribution in [2.45, 2.75) is 19.9 Å². The zero-order chi connectivity index (χ0) is 21.1. The van der Waals surface area contributed by atoms with Gasteiger partial charge in [0.05, 0.1) is 12.6 Å². The summed E-state index contributed by atoms with van der Waals surface area (Å²) >= 11 is 0. The monoisotopic (exact) mass is 407 g/mol. The Kier molecular flexibility index (Phi) is 5.43. The fourth-order valence-electron chi connectivity index (χ4n) is 3.17. The largest absolute Gasteiger partial charge is 0.490 e. The van der Waals surface area contributed by atoms with Crippen LogP contribution < -0.4 is 20.4 Å². The molecule has 0 saturated heterocycles. The number of carbonyl (C=O) groups excluding carboxylic acids is 1. The summed E-state index contributed by atoms with van der Waals surface area (Å²) < 4.78 is 22.2. The predicted octanol–water partition coefficient (Wildman–Crippen LogP) is 4.19. The van der Waals surface area contributed by atoms with Gasteiger partial charge < -0.3 is 23.6 Å². The molecule has 2 aromatic carbocycles. The van der Waals surface area contributed by atoms with E-state index < -0.39 is 5.63 Å². The van der Waals surface area contributed by atoms with Crippen molar-refractivity contribution < 1.29 is 23.1 Å². The summed E-state index contributed by atoms with van der Waals surface area (Å²) in [7, 11) is 0. The molecule has 1 atom stereocenters. The maximum Gasteiger partial charge on any atom is 0.336 e. The van der Waals surface area contributed by atoms with Gasteiger partial charge >= 0.3 is 5.63 Å². The van der Waals surface area contributed by atoms with E-state index in [-0.39, 0.29) is 18.6 Å². The average Bonchev–Trinajstić information content (AvgIpc) is 3.18. The van der Waals surface area contributed by atoms with Crippen LogP contribution in [0.4, 0.5) is 0 Å². The lowest BCUT2D eigenvalue weighted by atomic mass is 10.2. The molecule has 30 heavy (non-hydrogen) atoms. The normalized spacial score (nSPS) is 12.1. The number of nitrogens with one attached hydrogen (secondary N) is 1. The van der Waals surface area contributed by atoms with Crippen molar-refractivity contribution in [2.24, 2.45) is 0 Å². The lowest BCUT2D eigenvalue weighted by Gasteiger charge is -2.12. The van der Waals surface area contributed by atoms with Crippen LogP contribution in [0.25, 0.3) is 21.9 Å². The smallest absolute Gasteiger partial charge is 0.336 e. The number of fused-ring (bicyclic) bond motifs is 2. The highest BCUT2D eigenvalue weighted by molar-refractivity contribution is 5.84. The third kappa shape index (κ3) is 4.15. The molecule has 1 unspecified atom stereocenters. The first-order valence-corrected chi connectivity index (χ1v) is 9.65. The summed E-state index contributed by atoms with van der Waals surface area (Å²) in [6.45, 7) is 4.10. The van der Waals surface area contributed by atoms with Crippen LogP contribution in [0.5, 0.6) is 11.5 Å². The second-order valence-electron chi connectivity index (χ2n) is 6.79. The van der Waals surface area contributed by atoms with Crippen molar-refractivity contribution in [3.8, 4) is 11.5 Å². The molecule has 2 aromatic heterocycles. The highest BCUT2D eigenvalue weighted by Crippen LogP contribution is 2.31. The van der Waals surface area contributed by atoms with Crippen LogP contribution in [0.2, 0.25) is 0 Å². The van der Waals surface area contributed by atoms with Gasteiger partial charge in [0.1, 0.15) is 17.1 Å². The molecule has 154 valence electrons. The fourth-order valence-corrected chi connectivity index (χ4v) is 3.17. The lowest BCUT2D eigenvalue weighted by Crippen LogP contribution is -2.31. The third-order valence-electron chi connectivity index (χ3n) is 4.60. The van der Waals surface area contributed by atoms with Crippen molar-refractivity contribution in [3.63, 3.8) is 0 Å². The minimum Gasteiger partial charge on any atom is -0.490 e. The van der Waals surface area contributed by atoms with Crippen LogP contribution in [0, 0.1) is 0 Å². The van der Waals surface area contributed by atoms with Crippen molar-refractivity contribution in [3.05, 3.63) is 70.8 Å². The number of ether oxygens (including phenoxy) is 2. The molecule has 0 fully saturated rings. The zero-order valence-corrected chi connectivity index (χ0v) is 16.6.